The Morgan fingerprint density at radius 2 is 1.52 bits per heavy atom. The lowest BCUT2D eigenvalue weighted by molar-refractivity contribution is 0.603. The molecule has 2 nitrogen and oxygen atoms in total. The second-order valence-electron chi connectivity index (χ2n) is 6.33. The molecule has 0 unspecified atom stereocenters. The summed E-state index contributed by atoms with van der Waals surface area (Å²) in [4.78, 5) is 0.379. The number of rotatable bonds is 5. The van der Waals surface area contributed by atoms with Gasteiger partial charge in [-0.25, -0.2) is 8.42 Å². The van der Waals surface area contributed by atoms with E-state index in [-0.39, 0.29) is 0 Å². The highest BCUT2D eigenvalue weighted by Gasteiger charge is 2.32. The third-order valence-corrected chi connectivity index (χ3v) is 9.09. The molecule has 0 heterocycles. The van der Waals surface area contributed by atoms with E-state index in [1.165, 1.54) is 0 Å². The summed E-state index contributed by atoms with van der Waals surface area (Å²) in [6.07, 6.45) is 1.68. The van der Waals surface area contributed by atoms with E-state index in [4.69, 9.17) is 0 Å². The van der Waals surface area contributed by atoms with Crippen LogP contribution in [0.1, 0.15) is 32.3 Å². The van der Waals surface area contributed by atoms with E-state index >= 15 is 0 Å². The minimum Gasteiger partial charge on any atom is -0.219 e. The molecule has 0 amide bonds. The largest absolute Gasteiger partial charge is 0.219 e. The van der Waals surface area contributed by atoms with Gasteiger partial charge in [0.2, 0.25) is 9.84 Å². The monoisotopic (exact) mass is 322 g/mol. The lowest BCUT2D eigenvalue weighted by Gasteiger charge is -2.19. The predicted octanol–water partition coefficient (Wildman–Crippen LogP) is 4.88. The highest BCUT2D eigenvalue weighted by atomic mass is 32.2. The van der Waals surface area contributed by atoms with E-state index in [0.717, 1.165) is 24.0 Å². The summed E-state index contributed by atoms with van der Waals surface area (Å²) < 4.78 is 26.5. The maximum atomic E-state index is 13.0. The standard InChI is InChI=1S/C17H26O2SSi/c1-7-15(8-2)13-17(21(4,5)6)20(18,19)16-11-9-14(3)10-12-16/h9-12H,7-8H2,1-6H3. The Hall–Kier alpha value is -1.09. The van der Waals surface area contributed by atoms with E-state index in [1.54, 1.807) is 12.1 Å². The van der Waals surface area contributed by atoms with Gasteiger partial charge in [0.05, 0.1) is 9.42 Å². The van der Waals surface area contributed by atoms with Crippen LogP contribution in [0.25, 0.3) is 0 Å². The second-order valence-corrected chi connectivity index (χ2v) is 13.6. The molecule has 0 aliphatic heterocycles. The fraction of sp³-hybridized carbons (Fsp3) is 0.471. The van der Waals surface area contributed by atoms with E-state index in [0.29, 0.717) is 9.42 Å². The van der Waals surface area contributed by atoms with Crippen LogP contribution in [0.3, 0.4) is 0 Å². The lowest BCUT2D eigenvalue weighted by atomic mass is 10.2. The molecule has 0 N–H and O–H groups in total. The van der Waals surface area contributed by atoms with Crippen molar-refractivity contribution in [2.45, 2.75) is 58.1 Å². The first-order valence-electron chi connectivity index (χ1n) is 7.43. The van der Waals surface area contributed by atoms with Crippen LogP contribution in [-0.2, 0) is 9.84 Å². The van der Waals surface area contributed by atoms with E-state index in [2.05, 4.69) is 25.4 Å². The predicted molar refractivity (Wildman–Crippen MR) is 92.8 cm³/mol. The minimum atomic E-state index is -3.44. The van der Waals surface area contributed by atoms with Gasteiger partial charge in [0.25, 0.3) is 0 Å². The van der Waals surface area contributed by atoms with Crippen LogP contribution in [-0.4, -0.2) is 16.5 Å². The minimum absolute atomic E-state index is 0.379. The molecule has 0 spiro atoms. The molecule has 4 heteroatoms. The Kier molecular flexibility index (Phi) is 5.80. The molecule has 0 bridgehead atoms. The topological polar surface area (TPSA) is 34.1 Å². The van der Waals surface area contributed by atoms with Crippen molar-refractivity contribution in [1.29, 1.82) is 0 Å². The lowest BCUT2D eigenvalue weighted by Crippen LogP contribution is -2.29. The highest BCUT2D eigenvalue weighted by molar-refractivity contribution is 7.97. The van der Waals surface area contributed by atoms with Crippen LogP contribution in [0, 0.1) is 6.92 Å². The third-order valence-electron chi connectivity index (χ3n) is 3.43. The summed E-state index contributed by atoms with van der Waals surface area (Å²) in [5.74, 6) is 0. The zero-order valence-electron chi connectivity index (χ0n) is 13.9. The summed E-state index contributed by atoms with van der Waals surface area (Å²) in [6, 6.07) is 7.09. The maximum Gasteiger partial charge on any atom is 0.205 e. The van der Waals surface area contributed by atoms with Crippen LogP contribution in [0.5, 0.6) is 0 Å². The number of hydrogen-bond donors (Lipinski definition) is 0. The first kappa shape index (κ1) is 18.0. The summed E-state index contributed by atoms with van der Waals surface area (Å²) in [5, 5.41) is 0. The molecule has 0 radical (unpaired) electrons. The summed E-state index contributed by atoms with van der Waals surface area (Å²) in [7, 11) is -5.46. The van der Waals surface area contributed by atoms with E-state index < -0.39 is 17.9 Å². The first-order valence-corrected chi connectivity index (χ1v) is 12.4. The molecule has 0 aliphatic rings. The summed E-state index contributed by atoms with van der Waals surface area (Å²) in [5.41, 5.74) is 5.39. The van der Waals surface area contributed by atoms with Gasteiger partial charge in [-0.1, -0.05) is 51.2 Å². The summed E-state index contributed by atoms with van der Waals surface area (Å²) in [6.45, 7) is 12.2. The molecule has 1 aromatic rings. The number of sulfone groups is 1. The Morgan fingerprint density at radius 1 is 1.05 bits per heavy atom. The molecule has 21 heavy (non-hydrogen) atoms. The zero-order chi connectivity index (χ0) is 16.3. The Labute approximate surface area is 130 Å². The zero-order valence-corrected chi connectivity index (χ0v) is 15.8. The normalized spacial score (nSPS) is 11.9. The number of aryl methyl sites for hydroxylation is 1. The van der Waals surface area contributed by atoms with Gasteiger partial charge in [-0.05, 0) is 37.5 Å². The van der Waals surface area contributed by atoms with Crippen LogP contribution >= 0.6 is 0 Å². The van der Waals surface area contributed by atoms with Gasteiger partial charge in [-0.15, -0.1) is 5.73 Å². The van der Waals surface area contributed by atoms with Crippen LogP contribution in [0.2, 0.25) is 19.6 Å². The van der Waals surface area contributed by atoms with Crippen molar-refractivity contribution in [1.82, 2.24) is 0 Å². The SMILES string of the molecule is CCC(=C=C([Si](C)(C)C)S(=O)(=O)c1ccc(C)cc1)CC. The van der Waals surface area contributed by atoms with Gasteiger partial charge in [-0.2, -0.15) is 0 Å². The molecule has 0 saturated heterocycles. The molecule has 116 valence electrons. The highest BCUT2D eigenvalue weighted by Crippen LogP contribution is 2.27. The number of benzene rings is 1. The van der Waals surface area contributed by atoms with Crippen molar-refractivity contribution >= 4 is 17.9 Å². The van der Waals surface area contributed by atoms with Gasteiger partial charge >= 0.3 is 0 Å². The fourth-order valence-corrected chi connectivity index (χ4v) is 7.22. The Morgan fingerprint density at radius 3 is 1.90 bits per heavy atom. The van der Waals surface area contributed by atoms with E-state index in [1.807, 2.05) is 32.9 Å². The Bertz CT molecular complexity index is 650. The smallest absolute Gasteiger partial charge is 0.205 e. The van der Waals surface area contributed by atoms with Crippen LogP contribution < -0.4 is 0 Å². The van der Waals surface area contributed by atoms with Crippen molar-refractivity contribution in [3.63, 3.8) is 0 Å². The Balaban J connectivity index is 3.61. The average Bonchev–Trinajstić information content (AvgIpc) is 2.38. The third kappa shape index (κ3) is 4.44. The number of allylic oxidation sites excluding steroid dienone is 1. The van der Waals surface area contributed by atoms with Gasteiger partial charge in [0.15, 0.2) is 0 Å². The van der Waals surface area contributed by atoms with Crippen LogP contribution in [0.15, 0.2) is 45.0 Å². The molecule has 0 fully saturated rings. The van der Waals surface area contributed by atoms with Crippen molar-refractivity contribution in [3.8, 4) is 0 Å². The average molecular weight is 323 g/mol. The van der Waals surface area contributed by atoms with Gasteiger partial charge in [-0.3, -0.25) is 0 Å². The summed E-state index contributed by atoms with van der Waals surface area (Å²) >= 11 is 0. The maximum absolute atomic E-state index is 13.0. The molecule has 1 rings (SSSR count). The van der Waals surface area contributed by atoms with Crippen molar-refractivity contribution in [2.24, 2.45) is 0 Å². The quantitative estimate of drug-likeness (QED) is 0.572. The fourth-order valence-electron chi connectivity index (χ4n) is 2.08. The molecule has 0 aromatic heterocycles. The van der Waals surface area contributed by atoms with E-state index in [9.17, 15) is 8.42 Å². The molecular weight excluding hydrogens is 296 g/mol. The number of hydrogen-bond acceptors (Lipinski definition) is 2. The molecule has 0 aliphatic carbocycles. The molecule has 1 aromatic carbocycles. The van der Waals surface area contributed by atoms with Gasteiger partial charge < -0.3 is 0 Å². The van der Waals surface area contributed by atoms with Gasteiger partial charge in [0.1, 0.15) is 8.07 Å². The van der Waals surface area contributed by atoms with Crippen molar-refractivity contribution in [2.75, 3.05) is 0 Å². The molecule has 0 saturated carbocycles. The molecular formula is C17H26O2SSi. The van der Waals surface area contributed by atoms with Crippen molar-refractivity contribution < 1.29 is 8.42 Å². The van der Waals surface area contributed by atoms with Gasteiger partial charge in [0, 0.05) is 0 Å². The van der Waals surface area contributed by atoms with Crippen molar-refractivity contribution in [3.05, 3.63) is 45.7 Å². The van der Waals surface area contributed by atoms with Crippen LogP contribution in [0.4, 0.5) is 0 Å². The first-order chi connectivity index (χ1) is 9.62. The second kappa shape index (κ2) is 6.78. The molecule has 0 atom stereocenters.